The van der Waals surface area contributed by atoms with Gasteiger partial charge in [-0.05, 0) is 107 Å². The van der Waals surface area contributed by atoms with Crippen molar-refractivity contribution in [3.8, 4) is 11.5 Å². The highest BCUT2D eigenvalue weighted by molar-refractivity contribution is 7.11. The van der Waals surface area contributed by atoms with Gasteiger partial charge >= 0.3 is 5.97 Å². The van der Waals surface area contributed by atoms with Crippen LogP contribution < -0.4 is 25.8 Å². The minimum absolute atomic E-state index is 0. The number of methoxy groups -OCH3 is 2. The van der Waals surface area contributed by atoms with Crippen molar-refractivity contribution in [2.45, 2.75) is 166 Å². The van der Waals surface area contributed by atoms with E-state index in [4.69, 9.17) is 29.8 Å². The van der Waals surface area contributed by atoms with E-state index in [9.17, 15) is 38.4 Å². The van der Waals surface area contributed by atoms with Gasteiger partial charge < -0.3 is 40.4 Å². The quantitative estimate of drug-likeness (QED) is 0.0305. The Morgan fingerprint density at radius 1 is 0.556 bits per heavy atom. The zero-order chi connectivity index (χ0) is 61.8. The second-order valence-electron chi connectivity index (χ2n) is 22.0. The Labute approximate surface area is 541 Å². The van der Waals surface area contributed by atoms with E-state index in [1.165, 1.54) is 22.7 Å². The number of nitrogens with two attached hydrogens (primary N) is 1. The van der Waals surface area contributed by atoms with E-state index in [0.717, 1.165) is 42.0 Å². The lowest BCUT2D eigenvalue weighted by Gasteiger charge is -2.24. The van der Waals surface area contributed by atoms with Crippen LogP contribution in [0.2, 0.25) is 0 Å². The predicted molar refractivity (Wildman–Crippen MR) is 357 cm³/mol. The molecule has 0 bridgehead atoms. The maximum atomic E-state index is 13.8. The monoisotopic (exact) mass is 1280 g/mol. The first-order valence-corrected chi connectivity index (χ1v) is 29.8. The summed E-state index contributed by atoms with van der Waals surface area (Å²) in [5.41, 5.74) is 7.55. The topological polar surface area (TPSA) is 276 Å². The number of aliphatic carboxylic acids is 1. The zero-order valence-corrected chi connectivity index (χ0v) is 51.1. The van der Waals surface area contributed by atoms with E-state index in [1.54, 1.807) is 54.3 Å². The molecule has 2 aliphatic rings. The van der Waals surface area contributed by atoms with Gasteiger partial charge in [0.1, 0.15) is 40.1 Å². The molecule has 2 unspecified atom stereocenters. The van der Waals surface area contributed by atoms with Crippen molar-refractivity contribution in [2.24, 2.45) is 23.5 Å². The Kier molecular flexibility index (Phi) is 34.1. The molecule has 492 valence electrons. The fourth-order valence-electron chi connectivity index (χ4n) is 9.26. The molecule has 2 amide bonds. The maximum absolute atomic E-state index is 13.8. The van der Waals surface area contributed by atoms with Crippen molar-refractivity contribution >= 4 is 69.4 Å². The lowest BCUT2D eigenvalue weighted by Crippen LogP contribution is -2.50. The number of hydrogen-bond donors (Lipinski definition) is 4. The number of nitrogens with one attached hydrogen (secondary N) is 2. The number of epoxide rings is 2. The molecule has 6 aromatic rings. The normalized spacial score (nSPS) is 16.7. The number of carbonyl (C=O) groups excluding carboxylic acids is 7. The van der Waals surface area contributed by atoms with Crippen molar-refractivity contribution in [2.75, 3.05) is 27.4 Å². The van der Waals surface area contributed by atoms with Crippen LogP contribution in [0.5, 0.6) is 11.5 Å². The number of carboxylic acids is 1. The third-order valence-corrected chi connectivity index (χ3v) is 16.4. The molecule has 8 atom stereocenters. The summed E-state index contributed by atoms with van der Waals surface area (Å²) in [5.74, 6) is -2.83. The summed E-state index contributed by atoms with van der Waals surface area (Å²) in [5, 5.41) is 16.0. The van der Waals surface area contributed by atoms with Gasteiger partial charge in [0.15, 0.2) is 11.6 Å². The Morgan fingerprint density at radius 2 is 0.911 bits per heavy atom. The number of carbonyl (C=O) groups is 8. The number of ketones is 5. The van der Waals surface area contributed by atoms with Gasteiger partial charge in [-0.3, -0.25) is 38.4 Å². The van der Waals surface area contributed by atoms with Gasteiger partial charge in [0.2, 0.25) is 11.8 Å². The molecule has 90 heavy (non-hydrogen) atoms. The number of aryl methyl sites for hydroxylation is 2. The summed E-state index contributed by atoms with van der Waals surface area (Å²) in [6.45, 7) is 11.2. The largest absolute Gasteiger partial charge is 0.497 e. The van der Waals surface area contributed by atoms with Crippen LogP contribution in [0.15, 0.2) is 122 Å². The summed E-state index contributed by atoms with van der Waals surface area (Å²) in [4.78, 5) is 112. The van der Waals surface area contributed by atoms with Crippen LogP contribution in [0.3, 0.4) is 0 Å². The lowest BCUT2D eigenvalue weighted by molar-refractivity contribution is -0.136. The molecule has 0 radical (unpaired) electrons. The average molecular weight is 1280 g/mol. The Balaban J connectivity index is 0.000000754. The first-order chi connectivity index (χ1) is 40.5. The first-order valence-electron chi connectivity index (χ1n) is 28.1. The summed E-state index contributed by atoms with van der Waals surface area (Å²) in [7, 11) is 3.16. The molecule has 2 aliphatic heterocycles. The molecule has 4 heterocycles. The molecule has 4 aromatic carbocycles. The second kappa shape index (κ2) is 38.2. The van der Waals surface area contributed by atoms with Gasteiger partial charge in [0.25, 0.3) is 0 Å². The summed E-state index contributed by atoms with van der Waals surface area (Å²) >= 11 is 2.89. The van der Waals surface area contributed by atoms with Crippen LogP contribution in [-0.2, 0) is 86.4 Å². The fourth-order valence-corrected chi connectivity index (χ4v) is 10.9. The van der Waals surface area contributed by atoms with Crippen LogP contribution >= 0.6 is 22.7 Å². The van der Waals surface area contributed by atoms with E-state index in [-0.39, 0.29) is 110 Å². The van der Waals surface area contributed by atoms with Crippen molar-refractivity contribution in [3.63, 3.8) is 0 Å². The van der Waals surface area contributed by atoms with Crippen LogP contribution in [0, 0.1) is 31.6 Å². The number of carboxylic acid groups (broad SMARTS) is 1. The standard InChI is InChI=1S/C33H38N2O6S.C26H32N2O5.C6H7NO2S.5CH4/c1-21(14-26(36)18-28-19-34-22(2)42-28)30(37)17-25(15-24-10-12-27(40-4)13-11-24)32(39)35-29(31(38)33(3)20-41-33)16-23-8-6-5-7-9-23;1-17(27)23(29)15-20(13-19-9-11-21(32-3)12-10-19)25(31)28-22(24(30)26(2)16-33-26)14-18-7-5-4-6-8-18;1-4-7-3-5(10-4)2-6(8)9;;;;;/h5-13,19,21,25,29H,14-18,20H2,1-4H3,(H,35,39);4-12,17,20,22H,13-16,27H2,1-3H3,(H,28,31);3H,2H2,1H3,(H,8,9);5*1H4/t21-,25?,29+,33-;17-,20?,22-,26+;;;;;;/m10....../s1. The zero-order valence-electron chi connectivity index (χ0n) is 49.4. The number of amides is 2. The van der Waals surface area contributed by atoms with Crippen LogP contribution in [-0.4, -0.2) is 119 Å². The molecule has 2 aromatic heterocycles. The fraction of sp³-hybridized carbons (Fsp3) is 0.457. The van der Waals surface area contributed by atoms with E-state index < -0.39 is 53.1 Å². The van der Waals surface area contributed by atoms with Gasteiger partial charge in [-0.25, -0.2) is 9.97 Å². The molecule has 0 aliphatic carbocycles. The molecule has 0 saturated carbocycles. The number of thiazole rings is 2. The molecule has 5 N–H and O–H groups in total. The number of nitrogens with zero attached hydrogens (tertiary/aromatic N) is 2. The molecule has 0 spiro atoms. The number of ether oxygens (including phenoxy) is 4. The van der Waals surface area contributed by atoms with Gasteiger partial charge in [0, 0.05) is 65.6 Å². The van der Waals surface area contributed by atoms with Crippen LogP contribution in [0.4, 0.5) is 0 Å². The van der Waals surface area contributed by atoms with Crippen molar-refractivity contribution < 1.29 is 62.4 Å². The third-order valence-electron chi connectivity index (χ3n) is 14.6. The van der Waals surface area contributed by atoms with Gasteiger partial charge in [-0.1, -0.05) is 129 Å². The summed E-state index contributed by atoms with van der Waals surface area (Å²) < 4.78 is 21.2. The Morgan fingerprint density at radius 3 is 1.23 bits per heavy atom. The van der Waals surface area contributed by atoms with E-state index in [1.807, 2.05) is 123 Å². The Hall–Kier alpha value is -7.62. The molecule has 2 fully saturated rings. The number of hydrogen-bond acceptors (Lipinski definition) is 17. The highest BCUT2D eigenvalue weighted by Crippen LogP contribution is 2.31. The summed E-state index contributed by atoms with van der Waals surface area (Å²) in [6, 6.07) is 31.4. The van der Waals surface area contributed by atoms with Crippen LogP contribution in [0.1, 0.15) is 126 Å². The number of rotatable bonds is 30. The minimum Gasteiger partial charge on any atom is -0.497 e. The van der Waals surface area contributed by atoms with Crippen molar-refractivity contribution in [3.05, 3.63) is 164 Å². The number of benzene rings is 4. The highest BCUT2D eigenvalue weighted by Gasteiger charge is 2.51. The molecule has 20 heteroatoms. The van der Waals surface area contributed by atoms with E-state index in [0.29, 0.717) is 50.4 Å². The van der Waals surface area contributed by atoms with Gasteiger partial charge in [-0.15, -0.1) is 22.7 Å². The Bertz CT molecular complexity index is 3210. The number of Topliss-reactive ketones (excluding diaryl/α,β-unsaturated/α-hetero) is 5. The van der Waals surface area contributed by atoms with Crippen molar-refractivity contribution in [1.82, 2.24) is 20.6 Å². The van der Waals surface area contributed by atoms with Gasteiger partial charge in [0.05, 0.1) is 62.0 Å². The molecule has 2 saturated heterocycles. The smallest absolute Gasteiger partial charge is 0.308 e. The minimum atomic E-state index is -0.917. The molecular weight excluding hydrogens is 1180 g/mol. The highest BCUT2D eigenvalue weighted by atomic mass is 32.1. The lowest BCUT2D eigenvalue weighted by atomic mass is 9.87. The molecular formula is C70H97N5O13S2. The average Bonchev–Trinajstić information content (AvgIpc) is 1.95. The van der Waals surface area contributed by atoms with Crippen molar-refractivity contribution in [1.29, 1.82) is 0 Å². The summed E-state index contributed by atoms with van der Waals surface area (Å²) in [6.07, 6.45) is 4.97. The van der Waals surface area contributed by atoms with E-state index >= 15 is 0 Å². The SMILES string of the molecule is C.C.C.C.C.COc1ccc(CC(CC(=O)[C@H](C)CC(=O)Cc2cnc(C)s2)C(=O)N[C@@H](Cc2ccccc2)C(=O)[C@@]2(C)CO2)cc1.COc1ccc(CC(CC(=O)[C@H](C)N)C(=O)N[C@@H](Cc2ccccc2)C(=O)[C@@]2(C)CO2)cc1.Cc1ncc(CC(=O)O)s1. The van der Waals surface area contributed by atoms with Gasteiger partial charge in [-0.2, -0.15) is 0 Å². The first kappa shape index (κ1) is 80.4. The molecule has 18 nitrogen and oxygen atoms in total. The second-order valence-corrected chi connectivity index (χ2v) is 24.6. The third kappa shape index (κ3) is 25.7. The molecule has 8 rings (SSSR count). The number of aromatic nitrogens is 2. The predicted octanol–water partition coefficient (Wildman–Crippen LogP) is 11.0. The van der Waals surface area contributed by atoms with Crippen LogP contribution in [0.25, 0.3) is 0 Å². The van der Waals surface area contributed by atoms with E-state index in [2.05, 4.69) is 20.6 Å². The maximum Gasteiger partial charge on any atom is 0.308 e.